The third-order valence-corrected chi connectivity index (χ3v) is 4.57. The van der Waals surface area contributed by atoms with Crippen molar-refractivity contribution in [2.75, 3.05) is 0 Å². The van der Waals surface area contributed by atoms with Crippen LogP contribution < -0.4 is 10.2 Å². The quantitative estimate of drug-likeness (QED) is 0.618. The molecule has 0 radical (unpaired) electrons. The Kier molecular flexibility index (Phi) is 4.89. The standard InChI is InChI=1S/C15H20BF4NO3/c1-6-14(5)13(3,4)23-16(24-14)10-7-11(17)12(21-8-10)22-9(2)15(18,19)20/h7-9H,6H2,1-5H3/t9-,14?/m0/s1. The van der Waals surface area contributed by atoms with Gasteiger partial charge in [0.25, 0.3) is 5.88 Å². The lowest BCUT2D eigenvalue weighted by atomic mass is 9.80. The first-order valence-corrected chi connectivity index (χ1v) is 7.64. The van der Waals surface area contributed by atoms with E-state index in [0.717, 1.165) is 13.0 Å². The minimum Gasteiger partial charge on any atom is -0.463 e. The van der Waals surface area contributed by atoms with Crippen LogP contribution in [0.25, 0.3) is 0 Å². The number of ether oxygens (including phenoxy) is 1. The van der Waals surface area contributed by atoms with E-state index in [-0.39, 0.29) is 5.46 Å². The topological polar surface area (TPSA) is 40.6 Å². The van der Waals surface area contributed by atoms with Crippen molar-refractivity contribution in [3.63, 3.8) is 0 Å². The number of hydrogen-bond donors (Lipinski definition) is 0. The molecule has 1 aromatic heterocycles. The highest BCUT2D eigenvalue weighted by molar-refractivity contribution is 6.62. The van der Waals surface area contributed by atoms with E-state index in [9.17, 15) is 17.6 Å². The van der Waals surface area contributed by atoms with Crippen LogP contribution in [0.5, 0.6) is 5.88 Å². The molecule has 0 amide bonds. The van der Waals surface area contributed by atoms with Gasteiger partial charge in [-0.2, -0.15) is 13.2 Å². The Hall–Kier alpha value is -1.35. The molecular weight excluding hydrogens is 329 g/mol. The Morgan fingerprint density at radius 1 is 1.29 bits per heavy atom. The molecular formula is C15H20BF4NO3. The van der Waals surface area contributed by atoms with Crippen LogP contribution in [0.15, 0.2) is 12.3 Å². The maximum absolute atomic E-state index is 14.1. The molecule has 1 aromatic rings. The first kappa shape index (κ1) is 19.0. The maximum Gasteiger partial charge on any atom is 0.496 e. The minimum absolute atomic E-state index is 0.282. The molecule has 0 saturated carbocycles. The number of halogens is 4. The third kappa shape index (κ3) is 3.51. The van der Waals surface area contributed by atoms with Crippen LogP contribution in [0, 0.1) is 5.82 Å². The molecule has 2 atom stereocenters. The molecule has 134 valence electrons. The van der Waals surface area contributed by atoms with Crippen LogP contribution in [0.4, 0.5) is 17.6 Å². The molecule has 0 bridgehead atoms. The molecule has 1 aliphatic heterocycles. The van der Waals surface area contributed by atoms with Crippen LogP contribution in [0.2, 0.25) is 0 Å². The summed E-state index contributed by atoms with van der Waals surface area (Å²) in [5.74, 6) is -1.71. The van der Waals surface area contributed by atoms with Crippen LogP contribution in [-0.4, -0.2) is 35.6 Å². The summed E-state index contributed by atoms with van der Waals surface area (Å²) in [6, 6.07) is 1.02. The second-order valence-electron chi connectivity index (χ2n) is 6.52. The molecule has 1 unspecified atom stereocenters. The average Bonchev–Trinajstić information content (AvgIpc) is 2.71. The Morgan fingerprint density at radius 2 is 1.92 bits per heavy atom. The molecule has 9 heteroatoms. The van der Waals surface area contributed by atoms with Crippen molar-refractivity contribution in [2.24, 2.45) is 0 Å². The fourth-order valence-corrected chi connectivity index (χ4v) is 2.33. The van der Waals surface area contributed by atoms with Crippen LogP contribution in [-0.2, 0) is 9.31 Å². The van der Waals surface area contributed by atoms with E-state index in [4.69, 9.17) is 9.31 Å². The summed E-state index contributed by atoms with van der Waals surface area (Å²) in [5.41, 5.74) is -0.901. The molecule has 4 nitrogen and oxygen atoms in total. The van der Waals surface area contributed by atoms with Gasteiger partial charge in [-0.25, -0.2) is 9.37 Å². The highest BCUT2D eigenvalue weighted by Crippen LogP contribution is 2.39. The van der Waals surface area contributed by atoms with Gasteiger partial charge < -0.3 is 14.0 Å². The smallest absolute Gasteiger partial charge is 0.463 e. The fourth-order valence-electron chi connectivity index (χ4n) is 2.33. The molecule has 1 saturated heterocycles. The third-order valence-electron chi connectivity index (χ3n) is 4.57. The van der Waals surface area contributed by atoms with E-state index < -0.39 is 42.3 Å². The number of hydrogen-bond acceptors (Lipinski definition) is 4. The van der Waals surface area contributed by atoms with E-state index in [0.29, 0.717) is 6.42 Å². The number of alkyl halides is 3. The monoisotopic (exact) mass is 349 g/mol. The zero-order valence-corrected chi connectivity index (χ0v) is 14.2. The lowest BCUT2D eigenvalue weighted by molar-refractivity contribution is -0.190. The molecule has 1 fully saturated rings. The predicted molar refractivity (Wildman–Crippen MR) is 80.7 cm³/mol. The second-order valence-corrected chi connectivity index (χ2v) is 6.52. The summed E-state index contributed by atoms with van der Waals surface area (Å²) in [5, 5.41) is 0. The van der Waals surface area contributed by atoms with Crippen molar-refractivity contribution in [1.29, 1.82) is 0 Å². The van der Waals surface area contributed by atoms with Gasteiger partial charge in [-0.15, -0.1) is 0 Å². The highest BCUT2D eigenvalue weighted by Gasteiger charge is 2.53. The van der Waals surface area contributed by atoms with Crippen molar-refractivity contribution in [1.82, 2.24) is 4.98 Å². The maximum atomic E-state index is 14.1. The zero-order chi connectivity index (χ0) is 18.3. The Bertz CT molecular complexity index is 611. The summed E-state index contributed by atoms with van der Waals surface area (Å²) < 4.78 is 67.8. The zero-order valence-electron chi connectivity index (χ0n) is 14.2. The lowest BCUT2D eigenvalue weighted by Gasteiger charge is -2.35. The molecule has 0 aliphatic carbocycles. The van der Waals surface area contributed by atoms with E-state index in [1.54, 1.807) is 0 Å². The van der Waals surface area contributed by atoms with Crippen molar-refractivity contribution in [3.8, 4) is 5.88 Å². The molecule has 2 heterocycles. The summed E-state index contributed by atoms with van der Waals surface area (Å²) in [6.45, 7) is 8.35. The molecule has 2 rings (SSSR count). The number of pyridine rings is 1. The first-order valence-electron chi connectivity index (χ1n) is 7.64. The van der Waals surface area contributed by atoms with Gasteiger partial charge in [0.1, 0.15) is 0 Å². The number of aromatic nitrogens is 1. The molecule has 0 aromatic carbocycles. The molecule has 24 heavy (non-hydrogen) atoms. The van der Waals surface area contributed by atoms with Gasteiger partial charge in [0, 0.05) is 11.7 Å². The molecule has 0 N–H and O–H groups in total. The van der Waals surface area contributed by atoms with Gasteiger partial charge in [0.05, 0.1) is 11.2 Å². The van der Waals surface area contributed by atoms with E-state index in [1.807, 2.05) is 27.7 Å². The molecule has 0 spiro atoms. The van der Waals surface area contributed by atoms with Crippen molar-refractivity contribution >= 4 is 12.6 Å². The summed E-state index contributed by atoms with van der Waals surface area (Å²) in [6.07, 6.45) is -4.88. The van der Waals surface area contributed by atoms with Gasteiger partial charge in [-0.3, -0.25) is 0 Å². The van der Waals surface area contributed by atoms with E-state index in [1.165, 1.54) is 6.20 Å². The Morgan fingerprint density at radius 3 is 2.38 bits per heavy atom. The van der Waals surface area contributed by atoms with Gasteiger partial charge in [-0.05, 0) is 40.2 Å². The van der Waals surface area contributed by atoms with E-state index >= 15 is 0 Å². The highest BCUT2D eigenvalue weighted by atomic mass is 19.4. The predicted octanol–water partition coefficient (Wildman–Crippen LogP) is 3.24. The van der Waals surface area contributed by atoms with Gasteiger partial charge >= 0.3 is 13.3 Å². The van der Waals surface area contributed by atoms with Crippen molar-refractivity contribution < 1.29 is 31.6 Å². The average molecular weight is 349 g/mol. The summed E-state index contributed by atoms with van der Waals surface area (Å²) >= 11 is 0. The largest absolute Gasteiger partial charge is 0.496 e. The molecule has 1 aliphatic rings. The summed E-state index contributed by atoms with van der Waals surface area (Å²) in [7, 11) is -0.846. The minimum atomic E-state index is -4.60. The first-order chi connectivity index (χ1) is 10.9. The van der Waals surface area contributed by atoms with Gasteiger partial charge in [0.15, 0.2) is 11.9 Å². The fraction of sp³-hybridized carbons (Fsp3) is 0.667. The SMILES string of the molecule is CCC1(C)OB(c2cnc(O[C@@H](C)C(F)(F)F)c(F)c2)OC1(C)C. The van der Waals surface area contributed by atoms with Crippen molar-refractivity contribution in [3.05, 3.63) is 18.1 Å². The van der Waals surface area contributed by atoms with Crippen LogP contribution >= 0.6 is 0 Å². The Balaban J connectivity index is 2.19. The Labute approximate surface area is 138 Å². The van der Waals surface area contributed by atoms with Crippen LogP contribution in [0.3, 0.4) is 0 Å². The summed E-state index contributed by atoms with van der Waals surface area (Å²) in [4.78, 5) is 3.64. The van der Waals surface area contributed by atoms with Crippen LogP contribution in [0.1, 0.15) is 41.0 Å². The van der Waals surface area contributed by atoms with Crippen molar-refractivity contribution in [2.45, 2.75) is 64.5 Å². The van der Waals surface area contributed by atoms with E-state index in [2.05, 4.69) is 9.72 Å². The van der Waals surface area contributed by atoms with Gasteiger partial charge in [-0.1, -0.05) is 6.92 Å². The number of nitrogens with zero attached hydrogens (tertiary/aromatic N) is 1. The normalized spacial score (nSPS) is 25.0. The lowest BCUT2D eigenvalue weighted by Crippen LogP contribution is -2.44. The number of rotatable bonds is 4. The second kappa shape index (κ2) is 6.18. The van der Waals surface area contributed by atoms with Gasteiger partial charge in [0.2, 0.25) is 0 Å².